The molecule has 1 aliphatic heterocycles. The highest BCUT2D eigenvalue weighted by atomic mass is 79.9. The van der Waals surface area contributed by atoms with Gasteiger partial charge >= 0.3 is 0 Å². The van der Waals surface area contributed by atoms with Crippen LogP contribution in [0.25, 0.3) is 11.2 Å². The summed E-state index contributed by atoms with van der Waals surface area (Å²) in [5, 5.41) is 9.02. The predicted octanol–water partition coefficient (Wildman–Crippen LogP) is 2.13. The summed E-state index contributed by atoms with van der Waals surface area (Å²) in [6, 6.07) is 2.98. The first-order chi connectivity index (χ1) is 9.60. The molecule has 0 saturated carbocycles. The Labute approximate surface area is 126 Å². The maximum Gasteiger partial charge on any atom is 0.177 e. The number of nitrogens with zero attached hydrogens (tertiary/aromatic N) is 4. The van der Waals surface area contributed by atoms with E-state index in [0.717, 1.165) is 41.0 Å². The molecule has 5 nitrogen and oxygen atoms in total. The fourth-order valence-electron chi connectivity index (χ4n) is 2.91. The number of pyridine rings is 1. The molecule has 1 atom stereocenters. The third-order valence-corrected chi connectivity index (χ3v) is 4.55. The molecule has 3 rings (SSSR count). The summed E-state index contributed by atoms with van der Waals surface area (Å²) in [4.78, 5) is 11.3. The lowest BCUT2D eigenvalue weighted by Gasteiger charge is -2.44. The van der Waals surface area contributed by atoms with E-state index in [1.165, 1.54) is 0 Å². The maximum absolute atomic E-state index is 9.02. The minimum absolute atomic E-state index is 0.256. The average Bonchev–Trinajstić information content (AvgIpc) is 2.65. The van der Waals surface area contributed by atoms with Crippen LogP contribution in [0.15, 0.2) is 16.7 Å². The number of aliphatic hydroxyl groups is 1. The molecular weight excluding hydrogens is 320 g/mol. The number of fused-ring (bicyclic) bond motifs is 1. The SMILES string of the molecule is Cc1nc2ncc(Br)cc2n1C1CN(C(C)CCO)C1. The summed E-state index contributed by atoms with van der Waals surface area (Å²) in [6.07, 6.45) is 2.62. The van der Waals surface area contributed by atoms with Crippen LogP contribution in [0.5, 0.6) is 0 Å². The largest absolute Gasteiger partial charge is 0.396 e. The van der Waals surface area contributed by atoms with Gasteiger partial charge in [-0.3, -0.25) is 4.90 Å². The molecule has 1 aliphatic rings. The van der Waals surface area contributed by atoms with Gasteiger partial charge in [-0.05, 0) is 42.3 Å². The molecule has 0 bridgehead atoms. The zero-order chi connectivity index (χ0) is 14.3. The molecule has 3 heterocycles. The molecule has 6 heteroatoms. The highest BCUT2D eigenvalue weighted by Gasteiger charge is 2.33. The number of aryl methyl sites for hydroxylation is 1. The van der Waals surface area contributed by atoms with Crippen molar-refractivity contribution in [2.75, 3.05) is 19.7 Å². The first-order valence-electron chi connectivity index (χ1n) is 6.95. The van der Waals surface area contributed by atoms with Crippen LogP contribution >= 0.6 is 15.9 Å². The summed E-state index contributed by atoms with van der Waals surface area (Å²) in [7, 11) is 0. The van der Waals surface area contributed by atoms with Crippen molar-refractivity contribution in [3.63, 3.8) is 0 Å². The molecule has 0 radical (unpaired) electrons. The first kappa shape index (κ1) is 14.0. The molecule has 2 aromatic rings. The molecule has 20 heavy (non-hydrogen) atoms. The second-order valence-electron chi connectivity index (χ2n) is 5.49. The Kier molecular flexibility index (Phi) is 3.79. The van der Waals surface area contributed by atoms with E-state index in [-0.39, 0.29) is 6.61 Å². The summed E-state index contributed by atoms with van der Waals surface area (Å²) >= 11 is 3.48. The Morgan fingerprint density at radius 2 is 2.25 bits per heavy atom. The normalized spacial score (nSPS) is 18.4. The Hall–Kier alpha value is -0.980. The van der Waals surface area contributed by atoms with Crippen LogP contribution in [-0.4, -0.2) is 50.3 Å². The minimum Gasteiger partial charge on any atom is -0.396 e. The summed E-state index contributed by atoms with van der Waals surface area (Å²) < 4.78 is 3.27. The van der Waals surface area contributed by atoms with E-state index < -0.39 is 0 Å². The van der Waals surface area contributed by atoms with Crippen LogP contribution in [0.1, 0.15) is 25.2 Å². The van der Waals surface area contributed by atoms with Gasteiger partial charge in [0.1, 0.15) is 5.82 Å². The van der Waals surface area contributed by atoms with Crippen molar-refractivity contribution in [3.8, 4) is 0 Å². The van der Waals surface area contributed by atoms with Crippen molar-refractivity contribution in [2.45, 2.75) is 32.4 Å². The highest BCUT2D eigenvalue weighted by molar-refractivity contribution is 9.10. The summed E-state index contributed by atoms with van der Waals surface area (Å²) in [6.45, 7) is 6.49. The van der Waals surface area contributed by atoms with Gasteiger partial charge in [-0.1, -0.05) is 0 Å². The van der Waals surface area contributed by atoms with Gasteiger partial charge in [-0.2, -0.15) is 0 Å². The second kappa shape index (κ2) is 5.42. The lowest BCUT2D eigenvalue weighted by Crippen LogP contribution is -2.52. The summed E-state index contributed by atoms with van der Waals surface area (Å²) in [5.41, 5.74) is 1.91. The second-order valence-corrected chi connectivity index (χ2v) is 6.41. The highest BCUT2D eigenvalue weighted by Crippen LogP contribution is 2.30. The zero-order valence-electron chi connectivity index (χ0n) is 11.8. The van der Waals surface area contributed by atoms with Crippen LogP contribution < -0.4 is 0 Å². The van der Waals surface area contributed by atoms with Crippen molar-refractivity contribution < 1.29 is 5.11 Å². The number of aliphatic hydroxyl groups excluding tert-OH is 1. The van der Waals surface area contributed by atoms with Crippen molar-refractivity contribution in [2.24, 2.45) is 0 Å². The van der Waals surface area contributed by atoms with Crippen molar-refractivity contribution in [3.05, 3.63) is 22.6 Å². The smallest absolute Gasteiger partial charge is 0.177 e. The number of halogens is 1. The minimum atomic E-state index is 0.256. The average molecular weight is 339 g/mol. The number of imidazole rings is 1. The number of hydrogen-bond acceptors (Lipinski definition) is 4. The molecule has 0 spiro atoms. The Morgan fingerprint density at radius 3 is 2.95 bits per heavy atom. The Morgan fingerprint density at radius 1 is 1.50 bits per heavy atom. The van der Waals surface area contributed by atoms with Crippen molar-refractivity contribution in [1.82, 2.24) is 19.4 Å². The fourth-order valence-corrected chi connectivity index (χ4v) is 3.23. The molecule has 1 unspecified atom stereocenters. The zero-order valence-corrected chi connectivity index (χ0v) is 13.3. The topological polar surface area (TPSA) is 54.2 Å². The molecule has 1 saturated heterocycles. The summed E-state index contributed by atoms with van der Waals surface area (Å²) in [5.74, 6) is 1.02. The van der Waals surface area contributed by atoms with E-state index in [1.807, 2.05) is 6.92 Å². The predicted molar refractivity (Wildman–Crippen MR) is 81.7 cm³/mol. The number of hydrogen-bond donors (Lipinski definition) is 1. The van der Waals surface area contributed by atoms with Gasteiger partial charge in [0.15, 0.2) is 5.65 Å². The number of likely N-dealkylation sites (tertiary alicyclic amines) is 1. The van der Waals surface area contributed by atoms with Gasteiger partial charge in [-0.25, -0.2) is 9.97 Å². The molecule has 0 aliphatic carbocycles. The fraction of sp³-hybridized carbons (Fsp3) is 0.571. The standard InChI is InChI=1S/C14H19BrN4O/c1-9(3-4-20)18-7-12(8-18)19-10(2)17-14-13(19)5-11(15)6-16-14/h5-6,9,12,20H,3-4,7-8H2,1-2H3. The van der Waals surface area contributed by atoms with E-state index in [9.17, 15) is 0 Å². The Bertz CT molecular complexity index is 621. The molecule has 1 N–H and O–H groups in total. The molecule has 0 amide bonds. The third-order valence-electron chi connectivity index (χ3n) is 4.12. The number of rotatable bonds is 4. The van der Waals surface area contributed by atoms with Gasteiger partial charge < -0.3 is 9.67 Å². The van der Waals surface area contributed by atoms with E-state index in [1.54, 1.807) is 6.20 Å². The van der Waals surface area contributed by atoms with Gasteiger partial charge in [0.05, 0.1) is 11.6 Å². The lowest BCUT2D eigenvalue weighted by molar-refractivity contribution is 0.0553. The van der Waals surface area contributed by atoms with Crippen molar-refractivity contribution in [1.29, 1.82) is 0 Å². The van der Waals surface area contributed by atoms with Crippen LogP contribution in [0, 0.1) is 6.92 Å². The Balaban J connectivity index is 1.82. The van der Waals surface area contributed by atoms with Crippen LogP contribution in [0.3, 0.4) is 0 Å². The van der Waals surface area contributed by atoms with Gasteiger partial charge in [-0.15, -0.1) is 0 Å². The third kappa shape index (κ3) is 2.36. The van der Waals surface area contributed by atoms with E-state index in [0.29, 0.717) is 12.1 Å². The van der Waals surface area contributed by atoms with Gasteiger partial charge in [0, 0.05) is 36.4 Å². The molecule has 2 aromatic heterocycles. The van der Waals surface area contributed by atoms with E-state index in [4.69, 9.17) is 5.11 Å². The molecular formula is C14H19BrN4O. The van der Waals surface area contributed by atoms with Crippen molar-refractivity contribution >= 4 is 27.1 Å². The van der Waals surface area contributed by atoms with E-state index in [2.05, 4.69) is 48.4 Å². The van der Waals surface area contributed by atoms with Gasteiger partial charge in [0.25, 0.3) is 0 Å². The van der Waals surface area contributed by atoms with E-state index >= 15 is 0 Å². The monoisotopic (exact) mass is 338 g/mol. The molecule has 108 valence electrons. The van der Waals surface area contributed by atoms with Crippen LogP contribution in [0.4, 0.5) is 0 Å². The maximum atomic E-state index is 9.02. The number of aromatic nitrogens is 3. The van der Waals surface area contributed by atoms with Crippen LogP contribution in [-0.2, 0) is 0 Å². The lowest BCUT2D eigenvalue weighted by atomic mass is 10.0. The molecule has 0 aromatic carbocycles. The first-order valence-corrected chi connectivity index (χ1v) is 7.74. The quantitative estimate of drug-likeness (QED) is 0.927. The van der Waals surface area contributed by atoms with Gasteiger partial charge in [0.2, 0.25) is 0 Å². The molecule has 1 fully saturated rings. The van der Waals surface area contributed by atoms with Crippen LogP contribution in [0.2, 0.25) is 0 Å².